The minimum absolute atomic E-state index is 0.249. The van der Waals surface area contributed by atoms with Crippen LogP contribution in [0.2, 0.25) is 0 Å². The Morgan fingerprint density at radius 3 is 2.67 bits per heavy atom. The third-order valence-corrected chi connectivity index (χ3v) is 3.20. The van der Waals surface area contributed by atoms with Crippen LogP contribution in [-0.2, 0) is 4.74 Å². The van der Waals surface area contributed by atoms with Crippen molar-refractivity contribution in [1.29, 1.82) is 0 Å². The average molecular weight is 205 g/mol. The van der Waals surface area contributed by atoms with Crippen LogP contribution in [0.3, 0.4) is 0 Å². The molecule has 1 aliphatic rings. The second kappa shape index (κ2) is 5.29. The summed E-state index contributed by atoms with van der Waals surface area (Å²) in [7, 11) is 1.78. The van der Waals surface area contributed by atoms with Gasteiger partial charge in [-0.25, -0.2) is 0 Å². The maximum absolute atomic E-state index is 5.34. The lowest BCUT2D eigenvalue weighted by Gasteiger charge is -2.14. The minimum Gasteiger partial charge on any atom is -0.367 e. The molecule has 1 aromatic rings. The fraction of sp³-hybridized carbons (Fsp3) is 0.538. The molecule has 0 saturated carbocycles. The van der Waals surface area contributed by atoms with E-state index in [4.69, 9.17) is 4.74 Å². The number of benzene rings is 1. The minimum atomic E-state index is 0.249. The molecule has 1 heterocycles. The molecular formula is C13H19NO. The lowest BCUT2D eigenvalue weighted by Crippen LogP contribution is -2.29. The van der Waals surface area contributed by atoms with Crippen molar-refractivity contribution < 1.29 is 4.74 Å². The van der Waals surface area contributed by atoms with Crippen molar-refractivity contribution in [1.82, 2.24) is 5.32 Å². The van der Waals surface area contributed by atoms with Crippen molar-refractivity contribution in [2.75, 3.05) is 13.7 Å². The molecule has 1 fully saturated rings. The van der Waals surface area contributed by atoms with Crippen LogP contribution in [0.4, 0.5) is 0 Å². The van der Waals surface area contributed by atoms with E-state index in [1.165, 1.54) is 18.4 Å². The molecule has 0 spiro atoms. The Morgan fingerprint density at radius 2 is 1.93 bits per heavy atom. The van der Waals surface area contributed by atoms with E-state index in [1.807, 2.05) is 0 Å². The van der Waals surface area contributed by atoms with E-state index in [0.29, 0.717) is 5.92 Å². The SMILES string of the molecule is COC1CCC(c2ccccc2)CCN1. The summed E-state index contributed by atoms with van der Waals surface area (Å²) in [5.41, 5.74) is 1.47. The van der Waals surface area contributed by atoms with Gasteiger partial charge in [0.05, 0.1) is 0 Å². The molecule has 1 saturated heterocycles. The Labute approximate surface area is 91.6 Å². The van der Waals surface area contributed by atoms with Gasteiger partial charge in [0.25, 0.3) is 0 Å². The van der Waals surface area contributed by atoms with Crippen molar-refractivity contribution in [3.8, 4) is 0 Å². The average Bonchev–Trinajstić information content (AvgIpc) is 2.55. The molecule has 2 nitrogen and oxygen atoms in total. The smallest absolute Gasteiger partial charge is 0.107 e. The van der Waals surface area contributed by atoms with Gasteiger partial charge in [0.15, 0.2) is 0 Å². The van der Waals surface area contributed by atoms with Crippen LogP contribution in [0.15, 0.2) is 30.3 Å². The van der Waals surface area contributed by atoms with Crippen LogP contribution in [-0.4, -0.2) is 19.9 Å². The van der Waals surface area contributed by atoms with E-state index in [0.717, 1.165) is 13.0 Å². The van der Waals surface area contributed by atoms with Crippen molar-refractivity contribution >= 4 is 0 Å². The second-order valence-corrected chi connectivity index (χ2v) is 4.15. The third kappa shape index (κ3) is 2.80. The fourth-order valence-corrected chi connectivity index (χ4v) is 2.28. The largest absolute Gasteiger partial charge is 0.367 e. The van der Waals surface area contributed by atoms with Gasteiger partial charge in [-0.05, 0) is 37.3 Å². The molecule has 1 aromatic carbocycles. The summed E-state index contributed by atoms with van der Waals surface area (Å²) in [6, 6.07) is 10.8. The highest BCUT2D eigenvalue weighted by Gasteiger charge is 2.18. The van der Waals surface area contributed by atoms with E-state index in [9.17, 15) is 0 Å². The molecule has 0 aromatic heterocycles. The number of ether oxygens (including phenoxy) is 1. The summed E-state index contributed by atoms with van der Waals surface area (Å²) in [5.74, 6) is 0.693. The van der Waals surface area contributed by atoms with Crippen LogP contribution >= 0.6 is 0 Å². The molecule has 82 valence electrons. The molecular weight excluding hydrogens is 186 g/mol. The first-order valence-electron chi connectivity index (χ1n) is 5.71. The predicted molar refractivity (Wildman–Crippen MR) is 61.8 cm³/mol. The van der Waals surface area contributed by atoms with Crippen LogP contribution in [0, 0.1) is 0 Å². The molecule has 0 bridgehead atoms. The standard InChI is InChI=1S/C13H19NO/c1-15-13-8-7-12(9-10-14-13)11-5-3-2-4-6-11/h2-6,12-14H,7-10H2,1H3. The van der Waals surface area contributed by atoms with E-state index in [2.05, 4.69) is 35.6 Å². The number of nitrogens with one attached hydrogen (secondary N) is 1. The lowest BCUT2D eigenvalue weighted by molar-refractivity contribution is 0.0710. The van der Waals surface area contributed by atoms with E-state index >= 15 is 0 Å². The van der Waals surface area contributed by atoms with Gasteiger partial charge in [-0.1, -0.05) is 30.3 Å². The quantitative estimate of drug-likeness (QED) is 0.801. The van der Waals surface area contributed by atoms with Gasteiger partial charge in [-0.2, -0.15) is 0 Å². The normalized spacial score (nSPS) is 27.3. The Bertz CT molecular complexity index is 286. The van der Waals surface area contributed by atoms with Crippen LogP contribution in [0.5, 0.6) is 0 Å². The molecule has 1 aliphatic heterocycles. The Morgan fingerprint density at radius 1 is 1.13 bits per heavy atom. The molecule has 2 rings (SSSR count). The van der Waals surface area contributed by atoms with Gasteiger partial charge in [0.1, 0.15) is 6.23 Å². The predicted octanol–water partition coefficient (Wildman–Crippen LogP) is 2.52. The zero-order valence-electron chi connectivity index (χ0n) is 9.28. The van der Waals surface area contributed by atoms with Gasteiger partial charge < -0.3 is 4.74 Å². The first-order valence-corrected chi connectivity index (χ1v) is 5.71. The Kier molecular flexibility index (Phi) is 3.75. The highest BCUT2D eigenvalue weighted by atomic mass is 16.5. The second-order valence-electron chi connectivity index (χ2n) is 4.15. The summed E-state index contributed by atoms with van der Waals surface area (Å²) in [4.78, 5) is 0. The summed E-state index contributed by atoms with van der Waals surface area (Å²) in [5, 5.41) is 3.41. The van der Waals surface area contributed by atoms with Crippen molar-refractivity contribution in [2.24, 2.45) is 0 Å². The first-order chi connectivity index (χ1) is 7.40. The summed E-state index contributed by atoms with van der Waals surface area (Å²) in [6.45, 7) is 1.05. The number of hydrogen-bond acceptors (Lipinski definition) is 2. The van der Waals surface area contributed by atoms with Crippen molar-refractivity contribution in [2.45, 2.75) is 31.4 Å². The first kappa shape index (κ1) is 10.7. The fourth-order valence-electron chi connectivity index (χ4n) is 2.28. The Hall–Kier alpha value is -0.860. The number of rotatable bonds is 2. The third-order valence-electron chi connectivity index (χ3n) is 3.20. The summed E-state index contributed by atoms with van der Waals surface area (Å²) < 4.78 is 5.34. The van der Waals surface area contributed by atoms with E-state index in [1.54, 1.807) is 7.11 Å². The maximum atomic E-state index is 5.34. The van der Waals surface area contributed by atoms with E-state index < -0.39 is 0 Å². The number of hydrogen-bond donors (Lipinski definition) is 1. The van der Waals surface area contributed by atoms with E-state index in [-0.39, 0.29) is 6.23 Å². The molecule has 2 heteroatoms. The molecule has 2 unspecified atom stereocenters. The molecule has 0 aliphatic carbocycles. The van der Waals surface area contributed by atoms with Gasteiger partial charge in [-0.15, -0.1) is 0 Å². The van der Waals surface area contributed by atoms with Crippen LogP contribution in [0.1, 0.15) is 30.7 Å². The van der Waals surface area contributed by atoms with Crippen LogP contribution in [0.25, 0.3) is 0 Å². The van der Waals surface area contributed by atoms with Gasteiger partial charge in [-0.3, -0.25) is 5.32 Å². The molecule has 1 N–H and O–H groups in total. The Balaban J connectivity index is 2.00. The summed E-state index contributed by atoms with van der Waals surface area (Å²) in [6.07, 6.45) is 3.79. The maximum Gasteiger partial charge on any atom is 0.107 e. The van der Waals surface area contributed by atoms with Gasteiger partial charge in [0, 0.05) is 7.11 Å². The van der Waals surface area contributed by atoms with Crippen molar-refractivity contribution in [3.05, 3.63) is 35.9 Å². The molecule has 0 radical (unpaired) electrons. The molecule has 15 heavy (non-hydrogen) atoms. The highest BCUT2D eigenvalue weighted by molar-refractivity contribution is 5.19. The zero-order valence-corrected chi connectivity index (χ0v) is 9.28. The zero-order chi connectivity index (χ0) is 10.5. The topological polar surface area (TPSA) is 21.3 Å². The van der Waals surface area contributed by atoms with Gasteiger partial charge >= 0.3 is 0 Å². The van der Waals surface area contributed by atoms with Crippen LogP contribution < -0.4 is 5.32 Å². The lowest BCUT2D eigenvalue weighted by atomic mass is 9.92. The molecule has 0 amide bonds. The monoisotopic (exact) mass is 205 g/mol. The number of methoxy groups -OCH3 is 1. The highest BCUT2D eigenvalue weighted by Crippen LogP contribution is 2.27. The summed E-state index contributed by atoms with van der Waals surface area (Å²) >= 11 is 0. The van der Waals surface area contributed by atoms with Crippen molar-refractivity contribution in [3.63, 3.8) is 0 Å². The van der Waals surface area contributed by atoms with Gasteiger partial charge in [0.2, 0.25) is 0 Å². The molecule has 2 atom stereocenters.